The number of fused-ring (bicyclic) bond motifs is 11. The number of nitrogens with zero attached hydrogens (tertiary/aromatic N) is 2. The highest BCUT2D eigenvalue weighted by Crippen LogP contribution is 2.44. The van der Waals surface area contributed by atoms with Crippen LogP contribution in [-0.2, 0) is 0 Å². The first-order valence-electron chi connectivity index (χ1n) is 21.6. The summed E-state index contributed by atoms with van der Waals surface area (Å²) >= 11 is 0. The topological polar surface area (TPSA) is 21.3 Å². The minimum atomic E-state index is 0.899. The summed E-state index contributed by atoms with van der Waals surface area (Å²) in [6.07, 6.45) is 0. The van der Waals surface area contributed by atoms with Gasteiger partial charge in [0.15, 0.2) is 0 Å². The Labute approximate surface area is 363 Å². The number of furan rings is 1. The predicted octanol–water partition coefficient (Wildman–Crippen LogP) is 16.9. The number of hydrogen-bond donors (Lipinski definition) is 0. The minimum Gasteiger partial charge on any atom is -0.456 e. The Balaban J connectivity index is 0.947. The van der Waals surface area contributed by atoms with Crippen LogP contribution in [-0.4, -0.2) is 4.57 Å². The van der Waals surface area contributed by atoms with Crippen molar-refractivity contribution in [2.45, 2.75) is 0 Å². The molecule has 0 fully saturated rings. The third-order valence-electron chi connectivity index (χ3n) is 13.0. The average molecular weight is 803 g/mol. The molecule has 0 saturated carbocycles. The van der Waals surface area contributed by atoms with Crippen LogP contribution < -0.4 is 4.90 Å². The largest absolute Gasteiger partial charge is 0.456 e. The maximum Gasteiger partial charge on any atom is 0.136 e. The van der Waals surface area contributed by atoms with Gasteiger partial charge in [-0.1, -0.05) is 164 Å². The third kappa shape index (κ3) is 5.67. The standard InChI is InChI=1S/C60H38N2O/c1-2-14-45(15-3-1)62-57-36-42(27-33-52(57)55-35-26-41-12-4-7-17-49(41)60(55)62)39-22-29-46(30-23-39)61(56-37-44-13-5-6-16-48(44)50-18-8-9-19-51(50)56)47-31-24-40(25-32-47)43-28-34-54-53-20-10-11-21-58(53)63-59(54)38-43/h1-38H. The minimum absolute atomic E-state index is 0.899. The lowest BCUT2D eigenvalue weighted by atomic mass is 9.98. The maximum atomic E-state index is 6.28. The van der Waals surface area contributed by atoms with E-state index >= 15 is 0 Å². The fourth-order valence-electron chi connectivity index (χ4n) is 9.96. The molecule has 0 aliphatic rings. The zero-order valence-corrected chi connectivity index (χ0v) is 34.2. The second-order valence-electron chi connectivity index (χ2n) is 16.5. The molecule has 2 heterocycles. The molecular weight excluding hydrogens is 765 g/mol. The summed E-state index contributed by atoms with van der Waals surface area (Å²) in [5.41, 5.74) is 13.3. The van der Waals surface area contributed by atoms with Crippen LogP contribution in [0.5, 0.6) is 0 Å². The van der Waals surface area contributed by atoms with Crippen LogP contribution in [0.2, 0.25) is 0 Å². The van der Waals surface area contributed by atoms with Crippen molar-refractivity contribution in [3.05, 3.63) is 231 Å². The van der Waals surface area contributed by atoms with Gasteiger partial charge in [0.2, 0.25) is 0 Å². The smallest absolute Gasteiger partial charge is 0.136 e. The predicted molar refractivity (Wildman–Crippen MR) is 266 cm³/mol. The van der Waals surface area contributed by atoms with Gasteiger partial charge in [0.25, 0.3) is 0 Å². The summed E-state index contributed by atoms with van der Waals surface area (Å²) < 4.78 is 8.72. The van der Waals surface area contributed by atoms with Gasteiger partial charge in [-0.15, -0.1) is 0 Å². The van der Waals surface area contributed by atoms with Crippen LogP contribution in [0.25, 0.3) is 104 Å². The summed E-state index contributed by atoms with van der Waals surface area (Å²) in [6.45, 7) is 0. The molecular formula is C60H38N2O. The van der Waals surface area contributed by atoms with Gasteiger partial charge in [0, 0.05) is 49.4 Å². The second kappa shape index (κ2) is 14.1. The molecule has 0 bridgehead atoms. The highest BCUT2D eigenvalue weighted by atomic mass is 16.3. The van der Waals surface area contributed by atoms with E-state index in [2.05, 4.69) is 228 Å². The van der Waals surface area contributed by atoms with E-state index in [0.29, 0.717) is 0 Å². The molecule has 294 valence electrons. The van der Waals surface area contributed by atoms with Crippen LogP contribution in [0.4, 0.5) is 17.1 Å². The number of rotatable bonds is 6. The molecule has 13 rings (SSSR count). The lowest BCUT2D eigenvalue weighted by Crippen LogP contribution is -2.10. The molecule has 0 atom stereocenters. The average Bonchev–Trinajstić information content (AvgIpc) is 3.90. The van der Waals surface area contributed by atoms with Gasteiger partial charge < -0.3 is 13.9 Å². The van der Waals surface area contributed by atoms with Crippen LogP contribution in [0.15, 0.2) is 235 Å². The lowest BCUT2D eigenvalue weighted by Gasteiger charge is -2.28. The van der Waals surface area contributed by atoms with Crippen molar-refractivity contribution in [3.63, 3.8) is 0 Å². The van der Waals surface area contributed by atoms with Gasteiger partial charge >= 0.3 is 0 Å². The Hall–Kier alpha value is -8.40. The Morgan fingerprint density at radius 2 is 0.857 bits per heavy atom. The first-order valence-corrected chi connectivity index (χ1v) is 21.6. The van der Waals surface area contributed by atoms with Crippen molar-refractivity contribution in [1.82, 2.24) is 4.57 Å². The van der Waals surface area contributed by atoms with Gasteiger partial charge in [0.1, 0.15) is 11.2 Å². The summed E-state index contributed by atoms with van der Waals surface area (Å²) in [7, 11) is 0. The van der Waals surface area contributed by atoms with Gasteiger partial charge in [-0.2, -0.15) is 0 Å². The molecule has 11 aromatic carbocycles. The van der Waals surface area contributed by atoms with E-state index < -0.39 is 0 Å². The lowest BCUT2D eigenvalue weighted by molar-refractivity contribution is 0.669. The van der Waals surface area contributed by atoms with Gasteiger partial charge in [-0.05, 0) is 111 Å². The van der Waals surface area contributed by atoms with Crippen LogP contribution in [0.1, 0.15) is 0 Å². The molecule has 0 spiro atoms. The number of hydrogen-bond acceptors (Lipinski definition) is 2. The van der Waals surface area contributed by atoms with Gasteiger partial charge in [0.05, 0.1) is 16.7 Å². The van der Waals surface area contributed by atoms with Crippen molar-refractivity contribution in [2.24, 2.45) is 0 Å². The zero-order valence-electron chi connectivity index (χ0n) is 34.2. The normalized spacial score (nSPS) is 11.8. The van der Waals surface area contributed by atoms with Crippen LogP contribution in [0, 0.1) is 0 Å². The number of anilines is 3. The van der Waals surface area contributed by atoms with Crippen molar-refractivity contribution >= 4 is 93.1 Å². The van der Waals surface area contributed by atoms with E-state index in [1.807, 2.05) is 12.1 Å². The van der Waals surface area contributed by atoms with E-state index in [-0.39, 0.29) is 0 Å². The molecule has 0 radical (unpaired) electrons. The van der Waals surface area contributed by atoms with E-state index in [9.17, 15) is 0 Å². The second-order valence-corrected chi connectivity index (χ2v) is 16.5. The van der Waals surface area contributed by atoms with Crippen molar-refractivity contribution in [1.29, 1.82) is 0 Å². The molecule has 0 saturated heterocycles. The summed E-state index contributed by atoms with van der Waals surface area (Å²) in [4.78, 5) is 2.41. The molecule has 3 heteroatoms. The van der Waals surface area contributed by atoms with Gasteiger partial charge in [-0.25, -0.2) is 0 Å². The fourth-order valence-corrected chi connectivity index (χ4v) is 9.96. The fraction of sp³-hybridized carbons (Fsp3) is 0. The highest BCUT2D eigenvalue weighted by molar-refractivity contribution is 6.19. The number of benzene rings is 11. The molecule has 0 amide bonds. The van der Waals surface area contributed by atoms with Crippen molar-refractivity contribution < 1.29 is 4.42 Å². The van der Waals surface area contributed by atoms with E-state index in [1.54, 1.807) is 0 Å². The van der Waals surface area contributed by atoms with Crippen LogP contribution >= 0.6 is 0 Å². The zero-order chi connectivity index (χ0) is 41.4. The third-order valence-corrected chi connectivity index (χ3v) is 13.0. The van der Waals surface area contributed by atoms with E-state index in [4.69, 9.17) is 4.42 Å². The Morgan fingerprint density at radius 3 is 1.60 bits per heavy atom. The SMILES string of the molecule is c1ccc(-n2c3cc(-c4ccc(N(c5ccc(-c6ccc7c(c6)oc6ccccc67)cc5)c5cc6ccccc6c6ccccc56)cc4)ccc3c3ccc4ccccc4c32)cc1. The molecule has 0 N–H and O–H groups in total. The van der Waals surface area contributed by atoms with Crippen molar-refractivity contribution in [2.75, 3.05) is 4.90 Å². The molecule has 0 aliphatic carbocycles. The Morgan fingerprint density at radius 1 is 0.317 bits per heavy atom. The Kier molecular flexibility index (Phi) is 7.91. The summed E-state index contributed by atoms with van der Waals surface area (Å²) in [6, 6.07) is 83.6. The van der Waals surface area contributed by atoms with Crippen molar-refractivity contribution in [3.8, 4) is 27.9 Å². The molecule has 0 aliphatic heterocycles. The van der Waals surface area contributed by atoms with E-state index in [0.717, 1.165) is 61.4 Å². The highest BCUT2D eigenvalue weighted by Gasteiger charge is 2.20. The first kappa shape index (κ1) is 35.4. The number of aromatic nitrogens is 1. The summed E-state index contributed by atoms with van der Waals surface area (Å²) in [5.74, 6) is 0. The first-order chi connectivity index (χ1) is 31.2. The molecule has 3 nitrogen and oxygen atoms in total. The van der Waals surface area contributed by atoms with Crippen LogP contribution in [0.3, 0.4) is 0 Å². The molecule has 63 heavy (non-hydrogen) atoms. The monoisotopic (exact) mass is 802 g/mol. The molecule has 13 aromatic rings. The summed E-state index contributed by atoms with van der Waals surface area (Å²) in [5, 5.41) is 12.2. The Bertz CT molecular complexity index is 3900. The number of para-hydroxylation sites is 2. The quantitative estimate of drug-likeness (QED) is 0.156. The molecule has 0 unspecified atom stereocenters. The molecule has 2 aromatic heterocycles. The van der Waals surface area contributed by atoms with Gasteiger partial charge in [-0.3, -0.25) is 0 Å². The maximum absolute atomic E-state index is 6.28. The van der Waals surface area contributed by atoms with E-state index in [1.165, 1.54) is 59.7 Å².